The summed E-state index contributed by atoms with van der Waals surface area (Å²) in [5.41, 5.74) is -1.40. The summed E-state index contributed by atoms with van der Waals surface area (Å²) in [4.78, 5) is 75.9. The second-order valence-electron chi connectivity index (χ2n) is 15.0. The largest absolute Gasteiger partial charge is 0.480 e. The second kappa shape index (κ2) is 23.4. The van der Waals surface area contributed by atoms with E-state index in [2.05, 4.69) is 41.0 Å². The Labute approximate surface area is 332 Å². The minimum atomic E-state index is -1.03. The number of carbonyl (C=O) groups excluding carboxylic acids is 2. The summed E-state index contributed by atoms with van der Waals surface area (Å²) in [5.74, 6) is -2.48. The molecular formula is C36H58N12O9. The van der Waals surface area contributed by atoms with Gasteiger partial charge in [-0.25, -0.2) is 9.97 Å². The van der Waals surface area contributed by atoms with Gasteiger partial charge in [-0.15, -0.1) is 20.4 Å². The monoisotopic (exact) mass is 802 g/mol. The Morgan fingerprint density at radius 1 is 0.702 bits per heavy atom. The van der Waals surface area contributed by atoms with E-state index >= 15 is 0 Å². The molecular weight excluding hydrogens is 744 g/mol. The highest BCUT2D eigenvalue weighted by atomic mass is 16.5. The van der Waals surface area contributed by atoms with Gasteiger partial charge in [-0.3, -0.25) is 43.6 Å². The van der Waals surface area contributed by atoms with E-state index in [4.69, 9.17) is 4.74 Å². The van der Waals surface area contributed by atoms with Crippen LogP contribution in [0.1, 0.15) is 59.2 Å². The number of carbonyl (C=O) groups is 5. The molecule has 1 aliphatic rings. The van der Waals surface area contributed by atoms with E-state index in [0.29, 0.717) is 70.1 Å². The summed E-state index contributed by atoms with van der Waals surface area (Å²) in [6.07, 6.45) is 5.40. The van der Waals surface area contributed by atoms with E-state index in [1.54, 1.807) is 33.2 Å². The van der Waals surface area contributed by atoms with E-state index in [-0.39, 0.29) is 83.0 Å². The number of rotatable bonds is 21. The molecule has 3 heterocycles. The smallest absolute Gasteiger partial charge is 0.317 e. The third kappa shape index (κ3) is 18.8. The van der Waals surface area contributed by atoms with Gasteiger partial charge in [0.1, 0.15) is 0 Å². The van der Waals surface area contributed by atoms with E-state index in [0.717, 1.165) is 0 Å². The predicted octanol–water partition coefficient (Wildman–Crippen LogP) is -0.892. The Morgan fingerprint density at radius 3 is 1.63 bits per heavy atom. The average molecular weight is 803 g/mol. The molecule has 1 saturated heterocycles. The highest BCUT2D eigenvalue weighted by Crippen LogP contribution is 2.22. The molecule has 2 amide bonds. The van der Waals surface area contributed by atoms with E-state index < -0.39 is 29.0 Å². The van der Waals surface area contributed by atoms with Crippen molar-refractivity contribution in [3.05, 3.63) is 24.3 Å². The second-order valence-corrected chi connectivity index (χ2v) is 15.0. The molecule has 5 N–H and O–H groups in total. The standard InChI is InChI=1S/C36H58N12O9/c1-5-36(4,22-28(49)37-10-6-8-27-41-43-34(44-42-27)33-38-11-7-12-39-33)57-21-9-35(2,3)40-29(50)23-45-13-15-46(24-30(51)52)17-19-48(26-32(55)56)20-18-47(16-14-45)25-31(53)54/h7,11-12H,5-6,8-10,13-26H2,1-4H3,(H,37,49)(H,40,50)(H,51,52)(H,53,54)(H,55,56). The Balaban J connectivity index is 1.47. The van der Waals surface area contributed by atoms with Gasteiger partial charge in [-0.2, -0.15) is 0 Å². The fourth-order valence-corrected chi connectivity index (χ4v) is 6.03. The first-order chi connectivity index (χ1) is 27.0. The molecule has 0 bridgehead atoms. The number of nitrogens with one attached hydrogen (secondary N) is 2. The Bertz CT molecular complexity index is 1560. The quantitative estimate of drug-likeness (QED) is 0.0958. The lowest BCUT2D eigenvalue weighted by Crippen LogP contribution is -2.52. The molecule has 21 nitrogen and oxygen atoms in total. The van der Waals surface area contributed by atoms with Gasteiger partial charge in [-0.1, -0.05) is 6.92 Å². The average Bonchev–Trinajstić information content (AvgIpc) is 3.14. The van der Waals surface area contributed by atoms with Crippen LogP contribution in [-0.2, 0) is 35.1 Å². The molecule has 2 aromatic heterocycles. The van der Waals surface area contributed by atoms with Crippen LogP contribution in [0.3, 0.4) is 0 Å². The van der Waals surface area contributed by atoms with Gasteiger partial charge < -0.3 is 30.7 Å². The summed E-state index contributed by atoms with van der Waals surface area (Å²) >= 11 is 0. The fraction of sp³-hybridized carbons (Fsp3) is 0.694. The van der Waals surface area contributed by atoms with Gasteiger partial charge in [0, 0.05) is 89.9 Å². The van der Waals surface area contributed by atoms with Crippen LogP contribution in [0.15, 0.2) is 18.5 Å². The van der Waals surface area contributed by atoms with E-state index in [9.17, 15) is 39.3 Å². The van der Waals surface area contributed by atoms with Crippen molar-refractivity contribution in [2.75, 3.05) is 91.7 Å². The number of amides is 2. The number of hydrogen-bond acceptors (Lipinski definition) is 16. The van der Waals surface area contributed by atoms with Crippen molar-refractivity contribution in [1.82, 2.24) is 60.6 Å². The molecule has 0 aliphatic carbocycles. The first-order valence-electron chi connectivity index (χ1n) is 19.1. The molecule has 2 aromatic rings. The van der Waals surface area contributed by atoms with Crippen LogP contribution in [0.25, 0.3) is 11.6 Å². The van der Waals surface area contributed by atoms with Gasteiger partial charge in [0.25, 0.3) is 0 Å². The number of hydrogen-bond donors (Lipinski definition) is 5. The number of aliphatic carboxylic acids is 3. The van der Waals surface area contributed by atoms with Crippen molar-refractivity contribution in [2.24, 2.45) is 0 Å². The van der Waals surface area contributed by atoms with Crippen molar-refractivity contribution in [2.45, 2.75) is 70.9 Å². The zero-order chi connectivity index (χ0) is 41.8. The normalized spacial score (nSPS) is 16.8. The lowest BCUT2D eigenvalue weighted by Gasteiger charge is -2.34. The van der Waals surface area contributed by atoms with Crippen molar-refractivity contribution < 1.29 is 44.0 Å². The SMILES string of the molecule is CCC(C)(CC(=O)NCCCc1nnc(-c2ncccn2)nn1)OCCC(C)(C)NC(=O)CN1CCN(CC(=O)O)CCN(CC(=O)O)CCN(CC(=O)O)CC1. The summed E-state index contributed by atoms with van der Waals surface area (Å²) in [6, 6.07) is 1.69. The fourth-order valence-electron chi connectivity index (χ4n) is 6.03. The maximum Gasteiger partial charge on any atom is 0.317 e. The molecule has 1 aliphatic heterocycles. The molecule has 0 aromatic carbocycles. The Morgan fingerprint density at radius 2 is 1.18 bits per heavy atom. The molecule has 0 spiro atoms. The zero-order valence-electron chi connectivity index (χ0n) is 33.4. The van der Waals surface area contributed by atoms with Crippen LogP contribution >= 0.6 is 0 Å². The van der Waals surface area contributed by atoms with Crippen molar-refractivity contribution in [3.8, 4) is 11.6 Å². The molecule has 0 saturated carbocycles. The van der Waals surface area contributed by atoms with Gasteiger partial charge in [-0.05, 0) is 46.1 Å². The van der Waals surface area contributed by atoms with Gasteiger partial charge in [0.2, 0.25) is 23.5 Å². The van der Waals surface area contributed by atoms with Crippen LogP contribution in [0, 0.1) is 0 Å². The molecule has 1 unspecified atom stereocenters. The molecule has 0 radical (unpaired) electrons. The number of carboxylic acid groups (broad SMARTS) is 3. The van der Waals surface area contributed by atoms with Crippen LogP contribution in [0.4, 0.5) is 0 Å². The topological polar surface area (TPSA) is 270 Å². The molecule has 21 heteroatoms. The number of ether oxygens (including phenoxy) is 1. The molecule has 1 atom stereocenters. The molecule has 57 heavy (non-hydrogen) atoms. The Kier molecular flexibility index (Phi) is 19.1. The van der Waals surface area contributed by atoms with Crippen molar-refractivity contribution in [3.63, 3.8) is 0 Å². The molecule has 3 rings (SSSR count). The lowest BCUT2D eigenvalue weighted by molar-refractivity contribution is -0.140. The summed E-state index contributed by atoms with van der Waals surface area (Å²) in [7, 11) is 0. The summed E-state index contributed by atoms with van der Waals surface area (Å²) in [6.45, 7) is 9.95. The van der Waals surface area contributed by atoms with Crippen LogP contribution < -0.4 is 10.6 Å². The van der Waals surface area contributed by atoms with Crippen molar-refractivity contribution in [1.29, 1.82) is 0 Å². The highest BCUT2D eigenvalue weighted by molar-refractivity contribution is 5.79. The van der Waals surface area contributed by atoms with Crippen LogP contribution in [0.5, 0.6) is 0 Å². The van der Waals surface area contributed by atoms with Crippen LogP contribution in [0.2, 0.25) is 0 Å². The highest BCUT2D eigenvalue weighted by Gasteiger charge is 2.29. The third-order valence-electron chi connectivity index (χ3n) is 9.50. The summed E-state index contributed by atoms with van der Waals surface area (Å²) in [5, 5.41) is 50.5. The first-order valence-corrected chi connectivity index (χ1v) is 19.1. The van der Waals surface area contributed by atoms with Gasteiger partial charge in [0.05, 0.1) is 38.2 Å². The Hall–Kier alpha value is -4.83. The maximum absolute atomic E-state index is 13.4. The van der Waals surface area contributed by atoms with E-state index in [1.165, 1.54) is 0 Å². The number of nitrogens with zero attached hydrogens (tertiary/aromatic N) is 10. The number of carboxylic acids is 3. The minimum Gasteiger partial charge on any atom is -0.480 e. The van der Waals surface area contributed by atoms with E-state index in [1.807, 2.05) is 32.6 Å². The maximum atomic E-state index is 13.4. The number of aryl methyl sites for hydroxylation is 1. The predicted molar refractivity (Wildman–Crippen MR) is 205 cm³/mol. The third-order valence-corrected chi connectivity index (χ3v) is 9.50. The van der Waals surface area contributed by atoms with Crippen LogP contribution in [-0.4, -0.2) is 198 Å². The lowest BCUT2D eigenvalue weighted by atomic mass is 9.97. The van der Waals surface area contributed by atoms with Gasteiger partial charge >= 0.3 is 17.9 Å². The minimum absolute atomic E-state index is 0.00278. The number of aromatic nitrogens is 6. The zero-order valence-corrected chi connectivity index (χ0v) is 33.4. The summed E-state index contributed by atoms with van der Waals surface area (Å²) < 4.78 is 6.22. The van der Waals surface area contributed by atoms with Gasteiger partial charge in [0.15, 0.2) is 5.82 Å². The molecule has 316 valence electrons. The van der Waals surface area contributed by atoms with Crippen molar-refractivity contribution >= 4 is 29.7 Å². The first kappa shape index (κ1) is 46.6. The molecule has 1 fully saturated rings.